The van der Waals surface area contributed by atoms with Gasteiger partial charge in [-0.1, -0.05) is 42.6 Å². The fourth-order valence-electron chi connectivity index (χ4n) is 4.02. The number of hydrogen-bond acceptors (Lipinski definition) is 1. The summed E-state index contributed by atoms with van der Waals surface area (Å²) in [6.07, 6.45) is 8.23. The molecule has 0 saturated heterocycles. The molecule has 3 heteroatoms. The van der Waals surface area contributed by atoms with E-state index in [1.807, 2.05) is 11.9 Å². The minimum absolute atomic E-state index is 0.0273. The smallest absolute Gasteiger partial charge is 0.228 e. The number of amides is 1. The molecule has 0 bridgehead atoms. The van der Waals surface area contributed by atoms with Gasteiger partial charge < -0.3 is 4.90 Å². The van der Waals surface area contributed by atoms with Gasteiger partial charge in [0.25, 0.3) is 0 Å². The molecule has 0 N–H and O–H groups in total. The van der Waals surface area contributed by atoms with Crippen LogP contribution in [-0.2, 0) is 4.79 Å². The summed E-state index contributed by atoms with van der Waals surface area (Å²) >= 11 is 3.63. The third-order valence-corrected chi connectivity index (χ3v) is 5.62. The summed E-state index contributed by atoms with van der Waals surface area (Å²) < 4.78 is 0. The van der Waals surface area contributed by atoms with Crippen LogP contribution in [0.2, 0.25) is 0 Å². The maximum absolute atomic E-state index is 12.9. The van der Waals surface area contributed by atoms with Crippen molar-refractivity contribution in [2.24, 2.45) is 17.3 Å². The zero-order valence-electron chi connectivity index (χ0n) is 12.6. The first kappa shape index (κ1) is 15.3. The van der Waals surface area contributed by atoms with Gasteiger partial charge >= 0.3 is 0 Å². The van der Waals surface area contributed by atoms with Crippen LogP contribution in [0.3, 0.4) is 0 Å². The van der Waals surface area contributed by atoms with Crippen LogP contribution in [0.5, 0.6) is 0 Å². The van der Waals surface area contributed by atoms with Gasteiger partial charge in [-0.25, -0.2) is 0 Å². The molecule has 0 aromatic carbocycles. The largest absolute Gasteiger partial charge is 0.345 e. The van der Waals surface area contributed by atoms with E-state index in [1.54, 1.807) is 0 Å². The highest BCUT2D eigenvalue weighted by molar-refractivity contribution is 9.09. The zero-order chi connectivity index (χ0) is 14.0. The molecule has 0 heterocycles. The Bertz CT molecular complexity index is 317. The lowest BCUT2D eigenvalue weighted by Gasteiger charge is -2.38. The second-order valence-corrected chi connectivity index (χ2v) is 8.50. The van der Waals surface area contributed by atoms with Gasteiger partial charge in [-0.3, -0.25) is 4.79 Å². The third kappa shape index (κ3) is 3.53. The quantitative estimate of drug-likeness (QED) is 0.691. The maximum Gasteiger partial charge on any atom is 0.228 e. The van der Waals surface area contributed by atoms with Crippen LogP contribution < -0.4 is 0 Å². The van der Waals surface area contributed by atoms with Crippen molar-refractivity contribution in [3.63, 3.8) is 0 Å². The van der Waals surface area contributed by atoms with E-state index >= 15 is 0 Å². The van der Waals surface area contributed by atoms with Crippen LogP contribution in [-0.4, -0.2) is 29.2 Å². The molecule has 0 spiro atoms. The van der Waals surface area contributed by atoms with E-state index in [9.17, 15) is 4.79 Å². The first-order valence-corrected chi connectivity index (χ1v) is 8.74. The molecule has 2 aliphatic rings. The fourth-order valence-corrected chi connectivity index (χ4v) is 5.07. The zero-order valence-corrected chi connectivity index (χ0v) is 14.2. The monoisotopic (exact) mass is 329 g/mol. The number of carbonyl (C=O) groups excluding carboxylic acids is 1. The van der Waals surface area contributed by atoms with Gasteiger partial charge in [-0.15, -0.1) is 0 Å². The van der Waals surface area contributed by atoms with Gasteiger partial charge in [-0.05, 0) is 43.9 Å². The van der Waals surface area contributed by atoms with Crippen molar-refractivity contribution >= 4 is 21.8 Å². The Hall–Kier alpha value is -0.0500. The number of hydrogen-bond donors (Lipinski definition) is 0. The Balaban J connectivity index is 1.94. The fraction of sp³-hybridized carbons (Fsp3) is 0.938. The molecule has 2 fully saturated rings. The molecule has 0 aromatic rings. The lowest BCUT2D eigenvalue weighted by molar-refractivity contribution is -0.142. The van der Waals surface area contributed by atoms with Gasteiger partial charge in [0.15, 0.2) is 0 Å². The van der Waals surface area contributed by atoms with Crippen molar-refractivity contribution in [3.8, 4) is 0 Å². The number of alkyl halides is 1. The molecule has 19 heavy (non-hydrogen) atoms. The average molecular weight is 330 g/mol. The summed E-state index contributed by atoms with van der Waals surface area (Å²) in [5.74, 6) is 1.76. The molecular formula is C16H28BrNO. The lowest BCUT2D eigenvalue weighted by Crippen LogP contribution is -2.45. The second kappa shape index (κ2) is 6.15. The number of rotatable bonds is 5. The minimum Gasteiger partial charge on any atom is -0.345 e. The molecule has 0 unspecified atom stereocenters. The molecule has 2 aliphatic carbocycles. The Morgan fingerprint density at radius 3 is 2.37 bits per heavy atom. The van der Waals surface area contributed by atoms with Crippen LogP contribution in [0.1, 0.15) is 58.8 Å². The first-order chi connectivity index (χ1) is 8.93. The Labute approximate surface area is 126 Å². The molecule has 0 aliphatic heterocycles. The van der Waals surface area contributed by atoms with Crippen molar-refractivity contribution in [3.05, 3.63) is 0 Å². The van der Waals surface area contributed by atoms with E-state index in [0.717, 1.165) is 31.7 Å². The van der Waals surface area contributed by atoms with E-state index in [2.05, 4.69) is 29.8 Å². The van der Waals surface area contributed by atoms with Gasteiger partial charge in [0.05, 0.1) is 0 Å². The Morgan fingerprint density at radius 2 is 1.89 bits per heavy atom. The average Bonchev–Trinajstić information content (AvgIpc) is 2.74. The van der Waals surface area contributed by atoms with E-state index in [4.69, 9.17) is 0 Å². The van der Waals surface area contributed by atoms with Crippen LogP contribution in [0.25, 0.3) is 0 Å². The highest BCUT2D eigenvalue weighted by atomic mass is 79.9. The van der Waals surface area contributed by atoms with Gasteiger partial charge in [-0.2, -0.15) is 0 Å². The minimum atomic E-state index is -0.0273. The van der Waals surface area contributed by atoms with Crippen LogP contribution in [0.4, 0.5) is 0 Å². The van der Waals surface area contributed by atoms with Gasteiger partial charge in [0.1, 0.15) is 0 Å². The maximum atomic E-state index is 12.9. The molecule has 2 rings (SSSR count). The first-order valence-electron chi connectivity index (χ1n) is 7.82. The molecule has 0 radical (unpaired) electrons. The SMILES string of the molecule is CC(C)CC1(C(=O)N(C)CC2CC(Br)C2)CCCC1. The second-order valence-electron chi connectivity index (χ2n) is 7.21. The predicted octanol–water partition coefficient (Wildman–Crippen LogP) is 4.22. The van der Waals surface area contributed by atoms with E-state index in [0.29, 0.717) is 16.7 Å². The van der Waals surface area contributed by atoms with Gasteiger partial charge in [0, 0.05) is 23.8 Å². The number of halogens is 1. The standard InChI is InChI=1S/C16H28BrNO/c1-12(2)10-16(6-4-5-7-16)15(19)18(3)11-13-8-14(17)9-13/h12-14H,4-11H2,1-3H3. The highest BCUT2D eigenvalue weighted by Crippen LogP contribution is 2.45. The Morgan fingerprint density at radius 1 is 1.32 bits per heavy atom. The lowest BCUT2D eigenvalue weighted by atomic mass is 9.76. The van der Waals surface area contributed by atoms with Crippen molar-refractivity contribution in [2.75, 3.05) is 13.6 Å². The highest BCUT2D eigenvalue weighted by Gasteiger charge is 2.43. The molecule has 0 aromatic heterocycles. The number of nitrogens with zero attached hydrogens (tertiary/aromatic N) is 1. The van der Waals surface area contributed by atoms with E-state index in [-0.39, 0.29) is 5.41 Å². The molecule has 0 atom stereocenters. The van der Waals surface area contributed by atoms with Crippen LogP contribution in [0.15, 0.2) is 0 Å². The van der Waals surface area contributed by atoms with Crippen molar-refractivity contribution in [1.82, 2.24) is 4.90 Å². The Kier molecular flexibility index (Phi) is 4.97. The summed E-state index contributed by atoms with van der Waals surface area (Å²) in [5, 5.41) is 0. The van der Waals surface area contributed by atoms with Crippen molar-refractivity contribution < 1.29 is 4.79 Å². The summed E-state index contributed by atoms with van der Waals surface area (Å²) in [6, 6.07) is 0. The molecule has 2 nitrogen and oxygen atoms in total. The van der Waals surface area contributed by atoms with E-state index < -0.39 is 0 Å². The summed E-state index contributed by atoms with van der Waals surface area (Å²) in [7, 11) is 2.02. The molecular weight excluding hydrogens is 302 g/mol. The molecule has 2 saturated carbocycles. The summed E-state index contributed by atoms with van der Waals surface area (Å²) in [6.45, 7) is 5.45. The summed E-state index contributed by atoms with van der Waals surface area (Å²) in [4.78, 5) is 15.6. The van der Waals surface area contributed by atoms with Gasteiger partial charge in [0.2, 0.25) is 5.91 Å². The van der Waals surface area contributed by atoms with Crippen LogP contribution in [0, 0.1) is 17.3 Å². The van der Waals surface area contributed by atoms with Crippen LogP contribution >= 0.6 is 15.9 Å². The van der Waals surface area contributed by atoms with E-state index in [1.165, 1.54) is 25.7 Å². The topological polar surface area (TPSA) is 20.3 Å². The third-order valence-electron chi connectivity index (χ3n) is 4.87. The summed E-state index contributed by atoms with van der Waals surface area (Å²) in [5.41, 5.74) is -0.0273. The van der Waals surface area contributed by atoms with Crippen molar-refractivity contribution in [2.45, 2.75) is 63.6 Å². The normalized spacial score (nSPS) is 29.3. The molecule has 110 valence electrons. The molecule has 1 amide bonds. The number of carbonyl (C=O) groups is 1. The van der Waals surface area contributed by atoms with Crippen molar-refractivity contribution in [1.29, 1.82) is 0 Å². The predicted molar refractivity (Wildman–Crippen MR) is 83.4 cm³/mol.